The highest BCUT2D eigenvalue weighted by atomic mass is 35.5. The summed E-state index contributed by atoms with van der Waals surface area (Å²) in [4.78, 5) is 4.38. The number of rotatable bonds is 1. The van der Waals surface area contributed by atoms with Crippen LogP contribution in [0.15, 0.2) is 12.3 Å². The van der Waals surface area contributed by atoms with Gasteiger partial charge in [-0.2, -0.15) is 0 Å². The fourth-order valence-corrected chi connectivity index (χ4v) is 2.64. The molecule has 110 valence electrons. The van der Waals surface area contributed by atoms with Gasteiger partial charge in [-0.15, -0.1) is 0 Å². The van der Waals surface area contributed by atoms with Crippen molar-refractivity contribution in [3.8, 4) is 0 Å². The first-order valence-electron chi connectivity index (χ1n) is 6.96. The zero-order valence-electron chi connectivity index (χ0n) is 13.4. The molecule has 0 aliphatic carbocycles. The van der Waals surface area contributed by atoms with Crippen LogP contribution in [-0.2, 0) is 14.7 Å². The molecule has 0 saturated carbocycles. The van der Waals surface area contributed by atoms with Crippen LogP contribution in [0.1, 0.15) is 54.0 Å². The molecule has 2 heterocycles. The van der Waals surface area contributed by atoms with Crippen molar-refractivity contribution in [2.75, 3.05) is 0 Å². The third-order valence-electron chi connectivity index (χ3n) is 4.20. The largest absolute Gasteiger partial charge is 0.516 e. The van der Waals surface area contributed by atoms with E-state index in [9.17, 15) is 0 Å². The van der Waals surface area contributed by atoms with Crippen LogP contribution < -0.4 is 5.59 Å². The molecule has 20 heavy (non-hydrogen) atoms. The van der Waals surface area contributed by atoms with Crippen molar-refractivity contribution >= 4 is 24.3 Å². The maximum absolute atomic E-state index is 6.54. The minimum atomic E-state index is -0.519. The molecule has 1 saturated heterocycles. The molecule has 3 nitrogen and oxygen atoms in total. The molecule has 1 aliphatic rings. The third kappa shape index (κ3) is 2.61. The average Bonchev–Trinajstić information content (AvgIpc) is 2.46. The summed E-state index contributed by atoms with van der Waals surface area (Å²) in [5.41, 5.74) is 0.899. The smallest absolute Gasteiger partial charge is 0.398 e. The van der Waals surface area contributed by atoms with E-state index in [1.165, 1.54) is 0 Å². The van der Waals surface area contributed by atoms with Crippen molar-refractivity contribution in [1.29, 1.82) is 0 Å². The Kier molecular flexibility index (Phi) is 3.73. The first-order chi connectivity index (χ1) is 8.96. The summed E-state index contributed by atoms with van der Waals surface area (Å²) in [6.45, 7) is 14.5. The molecular formula is C15H23BClNO2. The Bertz CT molecular complexity index is 507. The zero-order valence-corrected chi connectivity index (χ0v) is 14.1. The highest BCUT2D eigenvalue weighted by molar-refractivity contribution is 6.64. The highest BCUT2D eigenvalue weighted by Gasteiger charge is 2.53. The molecule has 1 fully saturated rings. The van der Waals surface area contributed by atoms with Crippen LogP contribution in [0.25, 0.3) is 0 Å². The number of aromatic nitrogens is 1. The Hall–Kier alpha value is -0.575. The van der Waals surface area contributed by atoms with Gasteiger partial charge < -0.3 is 9.31 Å². The standard InChI is InChI=1S/C15H23BClNO2/c1-13(2,3)10-8-9-18-12(11(10)17)16-19-14(4,5)15(6,7)20-16/h8-9H,1-7H3. The maximum atomic E-state index is 6.54. The van der Waals surface area contributed by atoms with Crippen molar-refractivity contribution in [1.82, 2.24) is 4.98 Å². The fraction of sp³-hybridized carbons (Fsp3) is 0.667. The van der Waals surface area contributed by atoms with Gasteiger partial charge in [0, 0.05) is 6.20 Å². The molecule has 0 amide bonds. The molecule has 0 unspecified atom stereocenters. The average molecular weight is 296 g/mol. The van der Waals surface area contributed by atoms with Crippen molar-refractivity contribution in [2.45, 2.75) is 65.1 Å². The third-order valence-corrected chi connectivity index (χ3v) is 4.60. The Balaban J connectivity index is 2.42. The molecule has 1 aromatic heterocycles. The van der Waals surface area contributed by atoms with Gasteiger partial charge >= 0.3 is 7.12 Å². The van der Waals surface area contributed by atoms with Gasteiger partial charge in [-0.05, 0) is 44.7 Å². The van der Waals surface area contributed by atoms with Crippen molar-refractivity contribution in [2.24, 2.45) is 0 Å². The van der Waals surface area contributed by atoms with Crippen molar-refractivity contribution in [3.63, 3.8) is 0 Å². The van der Waals surface area contributed by atoms with Crippen molar-refractivity contribution < 1.29 is 9.31 Å². The number of hydrogen-bond acceptors (Lipinski definition) is 3. The predicted octanol–water partition coefficient (Wildman–Crippen LogP) is 3.33. The lowest BCUT2D eigenvalue weighted by molar-refractivity contribution is 0.00578. The SMILES string of the molecule is CC(C)(C)c1ccnc(B2OC(C)(C)C(C)(C)O2)c1Cl. The Labute approximate surface area is 127 Å². The molecule has 0 N–H and O–H groups in total. The molecule has 1 aliphatic heterocycles. The first-order valence-corrected chi connectivity index (χ1v) is 7.34. The van der Waals surface area contributed by atoms with E-state index in [4.69, 9.17) is 20.9 Å². The number of hydrogen-bond donors (Lipinski definition) is 0. The topological polar surface area (TPSA) is 31.4 Å². The molecular weight excluding hydrogens is 272 g/mol. The lowest BCUT2D eigenvalue weighted by atomic mass is 9.79. The Morgan fingerprint density at radius 3 is 2.05 bits per heavy atom. The van der Waals surface area contributed by atoms with Crippen LogP contribution in [-0.4, -0.2) is 23.3 Å². The van der Waals surface area contributed by atoms with Gasteiger partial charge in [-0.3, -0.25) is 4.98 Å². The molecule has 0 aromatic carbocycles. The number of pyridine rings is 1. The van der Waals surface area contributed by atoms with Crippen LogP contribution in [0, 0.1) is 0 Å². The van der Waals surface area contributed by atoms with E-state index in [0.717, 1.165) is 5.56 Å². The van der Waals surface area contributed by atoms with E-state index in [0.29, 0.717) is 10.6 Å². The minimum Gasteiger partial charge on any atom is -0.398 e. The summed E-state index contributed by atoms with van der Waals surface area (Å²) in [5.74, 6) is 0. The molecule has 0 radical (unpaired) electrons. The quantitative estimate of drug-likeness (QED) is 0.745. The lowest BCUT2D eigenvalue weighted by Gasteiger charge is -2.32. The second kappa shape index (κ2) is 4.72. The van der Waals surface area contributed by atoms with Crippen LogP contribution in [0.3, 0.4) is 0 Å². The molecule has 0 bridgehead atoms. The monoisotopic (exact) mass is 295 g/mol. The first kappa shape index (κ1) is 15.8. The van der Waals surface area contributed by atoms with E-state index in [-0.39, 0.29) is 16.6 Å². The molecule has 0 atom stereocenters. The van der Waals surface area contributed by atoms with Gasteiger partial charge in [0.15, 0.2) is 0 Å². The minimum absolute atomic E-state index is 0.0432. The molecule has 0 spiro atoms. The van der Waals surface area contributed by atoms with E-state index in [1.54, 1.807) is 6.20 Å². The summed E-state index contributed by atoms with van der Waals surface area (Å²) in [7, 11) is -0.519. The summed E-state index contributed by atoms with van der Waals surface area (Å²) < 4.78 is 12.1. The lowest BCUT2D eigenvalue weighted by Crippen LogP contribution is -2.41. The van der Waals surface area contributed by atoms with Crippen LogP contribution >= 0.6 is 11.6 Å². The normalized spacial score (nSPS) is 21.3. The van der Waals surface area contributed by atoms with Crippen LogP contribution in [0.4, 0.5) is 0 Å². The summed E-state index contributed by atoms with van der Waals surface area (Å²) in [6.07, 6.45) is 1.77. The summed E-state index contributed by atoms with van der Waals surface area (Å²) >= 11 is 6.54. The van der Waals surface area contributed by atoms with Gasteiger partial charge in [0.2, 0.25) is 0 Å². The van der Waals surface area contributed by atoms with E-state index >= 15 is 0 Å². The fourth-order valence-electron chi connectivity index (χ4n) is 2.16. The van der Waals surface area contributed by atoms with Crippen LogP contribution in [0.5, 0.6) is 0 Å². The summed E-state index contributed by atoms with van der Waals surface area (Å²) in [5, 5.41) is 0.638. The van der Waals surface area contributed by atoms with Gasteiger partial charge in [0.25, 0.3) is 0 Å². The molecule has 1 aromatic rings. The predicted molar refractivity (Wildman–Crippen MR) is 83.7 cm³/mol. The van der Waals surface area contributed by atoms with Gasteiger partial charge in [-0.25, -0.2) is 0 Å². The van der Waals surface area contributed by atoms with E-state index in [1.807, 2.05) is 33.8 Å². The van der Waals surface area contributed by atoms with E-state index in [2.05, 4.69) is 25.8 Å². The number of nitrogens with zero attached hydrogens (tertiary/aromatic N) is 1. The second-order valence-electron chi connectivity index (χ2n) is 7.40. The molecule has 5 heteroatoms. The Morgan fingerprint density at radius 1 is 1.10 bits per heavy atom. The van der Waals surface area contributed by atoms with Crippen molar-refractivity contribution in [3.05, 3.63) is 22.8 Å². The highest BCUT2D eigenvalue weighted by Crippen LogP contribution is 2.37. The van der Waals surface area contributed by atoms with Gasteiger partial charge in [0.05, 0.1) is 21.8 Å². The summed E-state index contributed by atoms with van der Waals surface area (Å²) in [6, 6.07) is 1.96. The van der Waals surface area contributed by atoms with E-state index < -0.39 is 7.12 Å². The Morgan fingerprint density at radius 2 is 1.60 bits per heavy atom. The second-order valence-corrected chi connectivity index (χ2v) is 7.77. The van der Waals surface area contributed by atoms with Gasteiger partial charge in [-0.1, -0.05) is 32.4 Å². The van der Waals surface area contributed by atoms with Crippen LogP contribution in [0.2, 0.25) is 5.02 Å². The van der Waals surface area contributed by atoms with Gasteiger partial charge in [0.1, 0.15) is 0 Å². The number of halogens is 1. The molecule has 2 rings (SSSR count). The zero-order chi connectivity index (χ0) is 15.3. The maximum Gasteiger partial charge on any atom is 0.516 e.